The lowest BCUT2D eigenvalue weighted by Crippen LogP contribution is -2.32. The number of aliphatic hydroxyl groups is 1. The molecule has 1 aromatic rings. The van der Waals surface area contributed by atoms with Gasteiger partial charge in [0.25, 0.3) is 0 Å². The van der Waals surface area contributed by atoms with Gasteiger partial charge in [-0.25, -0.2) is 4.98 Å². The zero-order chi connectivity index (χ0) is 10.0. The van der Waals surface area contributed by atoms with Gasteiger partial charge >= 0.3 is 0 Å². The summed E-state index contributed by atoms with van der Waals surface area (Å²) >= 11 is 0. The molecule has 0 aliphatic heterocycles. The molecule has 3 nitrogen and oxygen atoms in total. The first-order valence-corrected chi connectivity index (χ1v) is 4.91. The van der Waals surface area contributed by atoms with Gasteiger partial charge in [-0.15, -0.1) is 6.42 Å². The molecule has 1 saturated carbocycles. The van der Waals surface area contributed by atoms with Crippen molar-refractivity contribution in [1.29, 1.82) is 0 Å². The van der Waals surface area contributed by atoms with Crippen molar-refractivity contribution in [3.05, 3.63) is 18.7 Å². The Bertz CT molecular complexity index is 329. The first-order chi connectivity index (χ1) is 6.73. The number of nitrogens with zero attached hydrogens (tertiary/aromatic N) is 2. The average molecular weight is 190 g/mol. The highest BCUT2D eigenvalue weighted by atomic mass is 16.3. The van der Waals surface area contributed by atoms with Crippen LogP contribution in [0.4, 0.5) is 0 Å². The maximum absolute atomic E-state index is 9.83. The molecule has 0 amide bonds. The normalized spacial score (nSPS) is 32.4. The highest BCUT2D eigenvalue weighted by Gasteiger charge is 2.31. The van der Waals surface area contributed by atoms with Crippen LogP contribution in [0.1, 0.15) is 31.7 Å². The minimum atomic E-state index is -0.864. The van der Waals surface area contributed by atoms with E-state index in [2.05, 4.69) is 15.5 Å². The van der Waals surface area contributed by atoms with Gasteiger partial charge < -0.3 is 9.67 Å². The molecular formula is C11H14N2O. The molecule has 1 N–H and O–H groups in total. The fourth-order valence-electron chi connectivity index (χ4n) is 2.01. The molecule has 1 aromatic heterocycles. The molecule has 0 spiro atoms. The quantitative estimate of drug-likeness (QED) is 0.679. The van der Waals surface area contributed by atoms with Crippen LogP contribution in [0, 0.1) is 12.3 Å². The van der Waals surface area contributed by atoms with Crippen molar-refractivity contribution in [2.45, 2.75) is 37.3 Å². The lowest BCUT2D eigenvalue weighted by atomic mass is 9.83. The van der Waals surface area contributed by atoms with Gasteiger partial charge in [-0.1, -0.05) is 5.92 Å². The second-order valence-electron chi connectivity index (χ2n) is 3.92. The monoisotopic (exact) mass is 190 g/mol. The first-order valence-electron chi connectivity index (χ1n) is 4.91. The van der Waals surface area contributed by atoms with Gasteiger partial charge in [0.15, 0.2) is 0 Å². The molecular weight excluding hydrogens is 176 g/mol. The van der Waals surface area contributed by atoms with Crippen molar-refractivity contribution < 1.29 is 5.11 Å². The molecule has 0 saturated heterocycles. The van der Waals surface area contributed by atoms with Crippen LogP contribution in [-0.4, -0.2) is 20.3 Å². The molecule has 1 heterocycles. The molecule has 1 aliphatic rings. The zero-order valence-corrected chi connectivity index (χ0v) is 8.06. The van der Waals surface area contributed by atoms with E-state index in [0.29, 0.717) is 18.9 Å². The predicted octanol–water partition coefficient (Wildman–Crippen LogP) is 1.36. The van der Waals surface area contributed by atoms with Gasteiger partial charge in [0.05, 0.1) is 6.33 Å². The van der Waals surface area contributed by atoms with E-state index >= 15 is 0 Å². The zero-order valence-electron chi connectivity index (χ0n) is 8.06. The Morgan fingerprint density at radius 1 is 1.50 bits per heavy atom. The second-order valence-corrected chi connectivity index (χ2v) is 3.92. The summed E-state index contributed by atoms with van der Waals surface area (Å²) < 4.78 is 2.09. The number of aromatic nitrogens is 2. The van der Waals surface area contributed by atoms with Gasteiger partial charge in [0, 0.05) is 18.4 Å². The third kappa shape index (κ3) is 1.66. The van der Waals surface area contributed by atoms with E-state index < -0.39 is 5.60 Å². The van der Waals surface area contributed by atoms with Crippen molar-refractivity contribution in [2.24, 2.45) is 0 Å². The van der Waals surface area contributed by atoms with E-state index in [1.165, 1.54) is 0 Å². The number of hydrogen-bond acceptors (Lipinski definition) is 2. The molecule has 0 radical (unpaired) electrons. The molecule has 14 heavy (non-hydrogen) atoms. The molecule has 0 unspecified atom stereocenters. The summed E-state index contributed by atoms with van der Waals surface area (Å²) in [4.78, 5) is 4.01. The maximum Gasteiger partial charge on any atom is 0.125 e. The summed E-state index contributed by atoms with van der Waals surface area (Å²) in [5.74, 6) is 2.48. The Morgan fingerprint density at radius 2 is 2.21 bits per heavy atom. The molecule has 3 heteroatoms. The Morgan fingerprint density at radius 3 is 2.71 bits per heavy atom. The van der Waals surface area contributed by atoms with E-state index in [9.17, 15) is 5.11 Å². The fourth-order valence-corrected chi connectivity index (χ4v) is 2.01. The van der Waals surface area contributed by atoms with Gasteiger partial charge in [0.2, 0.25) is 0 Å². The van der Waals surface area contributed by atoms with E-state index in [4.69, 9.17) is 6.42 Å². The van der Waals surface area contributed by atoms with Crippen LogP contribution in [0.15, 0.2) is 18.7 Å². The molecule has 1 aliphatic carbocycles. The summed E-state index contributed by atoms with van der Waals surface area (Å²) in [5, 5.41) is 9.83. The van der Waals surface area contributed by atoms with Gasteiger partial charge in [-0.3, -0.25) is 0 Å². The lowest BCUT2D eigenvalue weighted by Gasteiger charge is -2.32. The lowest BCUT2D eigenvalue weighted by molar-refractivity contribution is 0.0463. The number of rotatable bonds is 1. The number of terminal acetylenes is 1. The maximum atomic E-state index is 9.83. The van der Waals surface area contributed by atoms with E-state index in [-0.39, 0.29) is 0 Å². The summed E-state index contributed by atoms with van der Waals surface area (Å²) in [5.41, 5.74) is -0.864. The highest BCUT2D eigenvalue weighted by Crippen LogP contribution is 2.34. The van der Waals surface area contributed by atoms with Crippen molar-refractivity contribution in [3.8, 4) is 12.3 Å². The minimum absolute atomic E-state index is 0.450. The van der Waals surface area contributed by atoms with Gasteiger partial charge in [-0.05, 0) is 25.7 Å². The molecule has 0 atom stereocenters. The van der Waals surface area contributed by atoms with Crippen molar-refractivity contribution in [2.75, 3.05) is 0 Å². The predicted molar refractivity (Wildman–Crippen MR) is 53.5 cm³/mol. The smallest absolute Gasteiger partial charge is 0.125 e. The molecule has 0 aromatic carbocycles. The van der Waals surface area contributed by atoms with Crippen molar-refractivity contribution in [3.63, 3.8) is 0 Å². The van der Waals surface area contributed by atoms with Crippen LogP contribution in [0.2, 0.25) is 0 Å². The molecule has 1 fully saturated rings. The van der Waals surface area contributed by atoms with E-state index in [1.807, 2.05) is 12.5 Å². The van der Waals surface area contributed by atoms with Crippen LogP contribution in [0.3, 0.4) is 0 Å². The van der Waals surface area contributed by atoms with Crippen LogP contribution in [-0.2, 0) is 0 Å². The summed E-state index contributed by atoms with van der Waals surface area (Å²) in [7, 11) is 0. The van der Waals surface area contributed by atoms with E-state index in [0.717, 1.165) is 12.8 Å². The largest absolute Gasteiger partial charge is 0.378 e. The van der Waals surface area contributed by atoms with Crippen LogP contribution in [0.25, 0.3) is 0 Å². The third-order valence-corrected chi connectivity index (χ3v) is 3.00. The standard InChI is InChI=1S/C11H14N2O/c1-2-11(14)5-3-10(4-6-11)13-8-7-12-9-13/h1,7-10,14H,3-6H2. The summed E-state index contributed by atoms with van der Waals surface area (Å²) in [6, 6.07) is 0.450. The van der Waals surface area contributed by atoms with E-state index in [1.54, 1.807) is 6.20 Å². The first kappa shape index (κ1) is 9.29. The molecule has 74 valence electrons. The Hall–Kier alpha value is -1.27. The highest BCUT2D eigenvalue weighted by molar-refractivity contribution is 5.09. The van der Waals surface area contributed by atoms with Gasteiger partial charge in [-0.2, -0.15) is 0 Å². The Kier molecular flexibility index (Phi) is 2.30. The van der Waals surface area contributed by atoms with Crippen LogP contribution < -0.4 is 0 Å². The minimum Gasteiger partial charge on any atom is -0.378 e. The molecule has 2 rings (SSSR count). The SMILES string of the molecule is C#CC1(O)CCC(n2ccnc2)CC1. The summed E-state index contributed by atoms with van der Waals surface area (Å²) in [6.07, 6.45) is 14.1. The number of hydrogen-bond donors (Lipinski definition) is 1. The number of imidazole rings is 1. The third-order valence-electron chi connectivity index (χ3n) is 3.00. The van der Waals surface area contributed by atoms with Crippen molar-refractivity contribution >= 4 is 0 Å². The fraction of sp³-hybridized carbons (Fsp3) is 0.545. The van der Waals surface area contributed by atoms with Gasteiger partial charge in [0.1, 0.15) is 5.60 Å². The topological polar surface area (TPSA) is 38.0 Å². The van der Waals surface area contributed by atoms with Crippen molar-refractivity contribution in [1.82, 2.24) is 9.55 Å². The average Bonchev–Trinajstić information content (AvgIpc) is 2.72. The molecule has 0 bridgehead atoms. The van der Waals surface area contributed by atoms with Crippen LogP contribution in [0.5, 0.6) is 0 Å². The second kappa shape index (κ2) is 3.47. The van der Waals surface area contributed by atoms with Crippen LogP contribution >= 0.6 is 0 Å². The Balaban J connectivity index is 2.01. The Labute approximate surface area is 83.8 Å². The summed E-state index contributed by atoms with van der Waals surface area (Å²) in [6.45, 7) is 0.